The number of rotatable bonds is 6. The maximum atomic E-state index is 12.5. The van der Waals surface area contributed by atoms with Crippen LogP contribution in [0.15, 0.2) is 29.2 Å². The van der Waals surface area contributed by atoms with Crippen molar-refractivity contribution in [3.05, 3.63) is 29.8 Å². The van der Waals surface area contributed by atoms with Gasteiger partial charge in [-0.1, -0.05) is 31.5 Å². The second-order valence-corrected chi connectivity index (χ2v) is 8.86. The summed E-state index contributed by atoms with van der Waals surface area (Å²) in [6, 6.07) is 5.60. The molecule has 0 radical (unpaired) electrons. The minimum atomic E-state index is -3.77. The Bertz CT molecular complexity index is 628. The summed E-state index contributed by atoms with van der Waals surface area (Å²) in [5.41, 5.74) is 0.302. The Balaban J connectivity index is 3.00. The minimum Gasteiger partial charge on any atom is -0.459 e. The topological polar surface area (TPSA) is 72.5 Å². The molecular formula is C17H27NO4S. The fraction of sp³-hybridized carbons (Fsp3) is 0.588. The van der Waals surface area contributed by atoms with Gasteiger partial charge in [0, 0.05) is 0 Å². The van der Waals surface area contributed by atoms with Crippen LogP contribution in [0, 0.1) is 12.8 Å². The van der Waals surface area contributed by atoms with Gasteiger partial charge in [0.25, 0.3) is 0 Å². The molecule has 0 heterocycles. The molecule has 0 saturated heterocycles. The van der Waals surface area contributed by atoms with Crippen LogP contribution in [0.4, 0.5) is 0 Å². The lowest BCUT2D eigenvalue weighted by molar-refractivity contribution is -0.157. The highest BCUT2D eigenvalue weighted by atomic mass is 32.2. The number of sulfonamides is 1. The van der Waals surface area contributed by atoms with Gasteiger partial charge >= 0.3 is 5.97 Å². The molecule has 0 aliphatic carbocycles. The van der Waals surface area contributed by atoms with E-state index >= 15 is 0 Å². The highest BCUT2D eigenvalue weighted by Crippen LogP contribution is 2.16. The van der Waals surface area contributed by atoms with Gasteiger partial charge in [-0.3, -0.25) is 4.79 Å². The average molecular weight is 341 g/mol. The Hall–Kier alpha value is -1.40. The zero-order valence-corrected chi connectivity index (χ0v) is 15.5. The van der Waals surface area contributed by atoms with Crippen LogP contribution in [0.5, 0.6) is 0 Å². The number of carbonyl (C=O) groups is 1. The molecule has 0 bridgehead atoms. The molecule has 0 spiro atoms. The zero-order valence-electron chi connectivity index (χ0n) is 14.7. The van der Waals surface area contributed by atoms with Crippen LogP contribution in [0.1, 0.15) is 46.6 Å². The van der Waals surface area contributed by atoms with Crippen LogP contribution in [0.2, 0.25) is 0 Å². The summed E-state index contributed by atoms with van der Waals surface area (Å²) in [7, 11) is -3.77. The quantitative estimate of drug-likeness (QED) is 0.807. The van der Waals surface area contributed by atoms with Gasteiger partial charge in [-0.05, 0) is 52.2 Å². The minimum absolute atomic E-state index is 0.139. The average Bonchev–Trinajstić information content (AvgIpc) is 2.35. The summed E-state index contributed by atoms with van der Waals surface area (Å²) in [6.45, 7) is 11.0. The fourth-order valence-corrected chi connectivity index (χ4v) is 3.21. The molecule has 1 unspecified atom stereocenters. The van der Waals surface area contributed by atoms with Gasteiger partial charge in [0.2, 0.25) is 10.0 Å². The second kappa shape index (κ2) is 7.45. The number of benzene rings is 1. The number of esters is 1. The third kappa shape index (κ3) is 6.71. The summed E-state index contributed by atoms with van der Waals surface area (Å²) < 4.78 is 32.8. The van der Waals surface area contributed by atoms with E-state index in [1.54, 1.807) is 32.9 Å². The first-order chi connectivity index (χ1) is 10.4. The van der Waals surface area contributed by atoms with E-state index in [-0.39, 0.29) is 10.8 Å². The molecule has 23 heavy (non-hydrogen) atoms. The molecular weight excluding hydrogens is 314 g/mol. The predicted molar refractivity (Wildman–Crippen MR) is 90.6 cm³/mol. The molecule has 6 heteroatoms. The van der Waals surface area contributed by atoms with Crippen LogP contribution in [0.25, 0.3) is 0 Å². The summed E-state index contributed by atoms with van der Waals surface area (Å²) >= 11 is 0. The number of aryl methyl sites for hydroxylation is 1. The maximum absolute atomic E-state index is 12.5. The van der Waals surface area contributed by atoms with Gasteiger partial charge in [-0.15, -0.1) is 0 Å². The van der Waals surface area contributed by atoms with Crippen molar-refractivity contribution >= 4 is 16.0 Å². The van der Waals surface area contributed by atoms with Gasteiger partial charge in [0.05, 0.1) is 4.90 Å². The van der Waals surface area contributed by atoms with Crippen molar-refractivity contribution in [3.8, 4) is 0 Å². The highest BCUT2D eigenvalue weighted by Gasteiger charge is 2.30. The maximum Gasteiger partial charge on any atom is 0.324 e. The molecule has 1 rings (SSSR count). The number of hydrogen-bond acceptors (Lipinski definition) is 4. The van der Waals surface area contributed by atoms with E-state index < -0.39 is 27.6 Å². The standard InChI is InChI=1S/C17H27NO4S/c1-12(2)11-15(16(19)22-17(4,5)6)18-23(20,21)14-9-7-13(3)8-10-14/h7-10,12,15,18H,11H2,1-6H3. The Kier molecular flexibility index (Phi) is 6.36. The van der Waals surface area contributed by atoms with E-state index in [2.05, 4.69) is 4.72 Å². The molecule has 1 atom stereocenters. The SMILES string of the molecule is Cc1ccc(S(=O)(=O)NC(CC(C)C)C(=O)OC(C)(C)C)cc1. The number of ether oxygens (including phenoxy) is 1. The molecule has 5 nitrogen and oxygen atoms in total. The van der Waals surface area contributed by atoms with Gasteiger partial charge in [0.15, 0.2) is 0 Å². The Morgan fingerprint density at radius 3 is 2.13 bits per heavy atom. The van der Waals surface area contributed by atoms with Crippen molar-refractivity contribution < 1.29 is 17.9 Å². The third-order valence-electron chi connectivity index (χ3n) is 3.03. The van der Waals surface area contributed by atoms with Crippen molar-refractivity contribution in [1.82, 2.24) is 4.72 Å². The van der Waals surface area contributed by atoms with Crippen LogP contribution in [-0.4, -0.2) is 26.0 Å². The van der Waals surface area contributed by atoms with Gasteiger partial charge in [-0.25, -0.2) is 8.42 Å². The monoisotopic (exact) mass is 341 g/mol. The smallest absolute Gasteiger partial charge is 0.324 e. The van der Waals surface area contributed by atoms with Crippen molar-refractivity contribution in [2.24, 2.45) is 5.92 Å². The van der Waals surface area contributed by atoms with E-state index in [1.165, 1.54) is 12.1 Å². The lowest BCUT2D eigenvalue weighted by atomic mass is 10.0. The second-order valence-electron chi connectivity index (χ2n) is 7.15. The molecule has 0 aromatic heterocycles. The predicted octanol–water partition coefficient (Wildman–Crippen LogP) is 3.03. The number of hydrogen-bond donors (Lipinski definition) is 1. The Labute approximate surface area is 139 Å². The molecule has 1 aromatic carbocycles. The fourth-order valence-electron chi connectivity index (χ4n) is 2.01. The van der Waals surface area contributed by atoms with Gasteiger partial charge in [0.1, 0.15) is 11.6 Å². The van der Waals surface area contributed by atoms with Crippen LogP contribution >= 0.6 is 0 Å². The molecule has 0 aliphatic heterocycles. The summed E-state index contributed by atoms with van der Waals surface area (Å²) in [6.07, 6.45) is 0.375. The molecule has 0 amide bonds. The molecule has 0 fully saturated rings. The molecule has 0 aliphatic rings. The first-order valence-corrected chi connectivity index (χ1v) is 9.21. The number of nitrogens with one attached hydrogen (secondary N) is 1. The normalized spacial score (nSPS) is 13.9. The molecule has 1 N–H and O–H groups in total. The highest BCUT2D eigenvalue weighted by molar-refractivity contribution is 7.89. The van der Waals surface area contributed by atoms with E-state index in [9.17, 15) is 13.2 Å². The van der Waals surface area contributed by atoms with E-state index in [4.69, 9.17) is 4.74 Å². The lowest BCUT2D eigenvalue weighted by Gasteiger charge is -2.25. The molecule has 1 aromatic rings. The van der Waals surface area contributed by atoms with Crippen molar-refractivity contribution in [1.29, 1.82) is 0 Å². The largest absolute Gasteiger partial charge is 0.459 e. The third-order valence-corrected chi connectivity index (χ3v) is 4.51. The first kappa shape index (κ1) is 19.6. The number of carbonyl (C=O) groups excluding carboxylic acids is 1. The zero-order chi connectivity index (χ0) is 17.8. The van der Waals surface area contributed by atoms with Crippen molar-refractivity contribution in [3.63, 3.8) is 0 Å². The summed E-state index contributed by atoms with van der Waals surface area (Å²) in [5, 5.41) is 0. The van der Waals surface area contributed by atoms with Crippen molar-refractivity contribution in [2.45, 2.75) is 64.5 Å². The Morgan fingerprint density at radius 1 is 1.17 bits per heavy atom. The molecule has 0 saturated carbocycles. The van der Waals surface area contributed by atoms with E-state index in [0.29, 0.717) is 6.42 Å². The Morgan fingerprint density at radius 2 is 1.70 bits per heavy atom. The lowest BCUT2D eigenvalue weighted by Crippen LogP contribution is -2.44. The summed E-state index contributed by atoms with van der Waals surface area (Å²) in [5.74, 6) is -0.407. The van der Waals surface area contributed by atoms with Crippen molar-refractivity contribution in [2.75, 3.05) is 0 Å². The summed E-state index contributed by atoms with van der Waals surface area (Å²) in [4.78, 5) is 12.4. The van der Waals surface area contributed by atoms with E-state index in [1.807, 2.05) is 20.8 Å². The first-order valence-electron chi connectivity index (χ1n) is 7.72. The molecule has 130 valence electrons. The van der Waals surface area contributed by atoms with E-state index in [0.717, 1.165) is 5.56 Å². The van der Waals surface area contributed by atoms with Gasteiger partial charge < -0.3 is 4.74 Å². The van der Waals surface area contributed by atoms with Crippen LogP contribution in [-0.2, 0) is 19.6 Å². The van der Waals surface area contributed by atoms with Crippen LogP contribution in [0.3, 0.4) is 0 Å². The van der Waals surface area contributed by atoms with Gasteiger partial charge in [-0.2, -0.15) is 4.72 Å². The van der Waals surface area contributed by atoms with Crippen LogP contribution < -0.4 is 4.72 Å².